The van der Waals surface area contributed by atoms with E-state index < -0.39 is 17.8 Å². The molecule has 17 heavy (non-hydrogen) atoms. The van der Waals surface area contributed by atoms with Gasteiger partial charge in [-0.1, -0.05) is 6.92 Å². The summed E-state index contributed by atoms with van der Waals surface area (Å²) >= 11 is 0. The van der Waals surface area contributed by atoms with E-state index in [1.807, 2.05) is 6.92 Å². The molecule has 0 saturated carbocycles. The van der Waals surface area contributed by atoms with Gasteiger partial charge in [-0.05, 0) is 25.5 Å². The third-order valence-corrected chi connectivity index (χ3v) is 2.31. The normalized spacial score (nSPS) is 13.2. The van der Waals surface area contributed by atoms with Crippen molar-refractivity contribution in [1.29, 1.82) is 0 Å². The molecule has 0 radical (unpaired) electrons. The number of aromatic nitrogens is 1. The van der Waals surface area contributed by atoms with Crippen LogP contribution < -0.4 is 5.32 Å². The third-order valence-electron chi connectivity index (χ3n) is 2.31. The second-order valence-corrected chi connectivity index (χ2v) is 3.65. The number of alkyl halides is 3. The summed E-state index contributed by atoms with van der Waals surface area (Å²) in [5, 5.41) is 2.78. The maximum atomic E-state index is 12.3. The van der Waals surface area contributed by atoms with Gasteiger partial charge in [0.1, 0.15) is 5.82 Å². The number of halogens is 3. The first-order valence-corrected chi connectivity index (χ1v) is 5.14. The molecule has 1 unspecified atom stereocenters. The molecule has 1 N–H and O–H groups in total. The van der Waals surface area contributed by atoms with Crippen LogP contribution in [-0.4, -0.2) is 16.8 Å². The molecule has 0 aliphatic rings. The first-order valence-electron chi connectivity index (χ1n) is 5.14. The Morgan fingerprint density at radius 1 is 1.47 bits per heavy atom. The Labute approximate surface area is 97.0 Å². The van der Waals surface area contributed by atoms with Gasteiger partial charge in [0.05, 0.1) is 11.6 Å². The molecule has 0 aliphatic carbocycles. The van der Waals surface area contributed by atoms with Gasteiger partial charge in [-0.2, -0.15) is 13.2 Å². The predicted molar refractivity (Wildman–Crippen MR) is 57.6 cm³/mol. The van der Waals surface area contributed by atoms with Crippen LogP contribution in [0.15, 0.2) is 18.3 Å². The van der Waals surface area contributed by atoms with Crippen molar-refractivity contribution in [3.8, 4) is 0 Å². The monoisotopic (exact) mass is 246 g/mol. The summed E-state index contributed by atoms with van der Waals surface area (Å²) in [5.41, 5.74) is -0.807. The van der Waals surface area contributed by atoms with Crippen molar-refractivity contribution in [3.05, 3.63) is 23.9 Å². The van der Waals surface area contributed by atoms with Crippen LogP contribution >= 0.6 is 0 Å². The second kappa shape index (κ2) is 5.16. The molecule has 1 rings (SSSR count). The maximum Gasteiger partial charge on any atom is 0.417 e. The Balaban J connectivity index is 2.78. The van der Waals surface area contributed by atoms with E-state index in [4.69, 9.17) is 0 Å². The van der Waals surface area contributed by atoms with Crippen molar-refractivity contribution in [2.45, 2.75) is 32.5 Å². The molecule has 0 fully saturated rings. The maximum absolute atomic E-state index is 12.3. The molecular weight excluding hydrogens is 233 g/mol. The first kappa shape index (κ1) is 13.5. The first-order chi connectivity index (χ1) is 7.84. The van der Waals surface area contributed by atoms with Gasteiger partial charge in [-0.3, -0.25) is 4.79 Å². The minimum absolute atomic E-state index is 0.0748. The summed E-state index contributed by atoms with van der Waals surface area (Å²) in [6.45, 7) is 3.23. The van der Waals surface area contributed by atoms with E-state index in [2.05, 4.69) is 10.3 Å². The fourth-order valence-corrected chi connectivity index (χ4v) is 1.32. The zero-order chi connectivity index (χ0) is 13.1. The van der Waals surface area contributed by atoms with Gasteiger partial charge < -0.3 is 5.32 Å². The smallest absolute Gasteiger partial charge is 0.360 e. The van der Waals surface area contributed by atoms with Crippen LogP contribution in [-0.2, 0) is 11.0 Å². The number of pyridine rings is 1. The summed E-state index contributed by atoms with van der Waals surface area (Å²) in [6.07, 6.45) is -3.09. The number of carbonyl (C=O) groups is 1. The van der Waals surface area contributed by atoms with Crippen LogP contribution in [0.5, 0.6) is 0 Å². The summed E-state index contributed by atoms with van der Waals surface area (Å²) < 4.78 is 36.8. The van der Waals surface area contributed by atoms with Gasteiger partial charge in [0, 0.05) is 6.20 Å². The molecule has 0 spiro atoms. The Morgan fingerprint density at radius 2 is 2.12 bits per heavy atom. The van der Waals surface area contributed by atoms with Crippen LogP contribution in [0, 0.1) is 0 Å². The lowest BCUT2D eigenvalue weighted by Crippen LogP contribution is -2.26. The molecule has 6 heteroatoms. The Morgan fingerprint density at radius 3 is 2.47 bits per heavy atom. The largest absolute Gasteiger partial charge is 0.417 e. The number of nitrogens with one attached hydrogen (secondary N) is 1. The van der Waals surface area contributed by atoms with Crippen LogP contribution in [0.2, 0.25) is 0 Å². The van der Waals surface area contributed by atoms with Crippen molar-refractivity contribution in [3.63, 3.8) is 0 Å². The van der Waals surface area contributed by atoms with E-state index in [0.717, 1.165) is 12.3 Å². The van der Waals surface area contributed by atoms with Gasteiger partial charge in [0.15, 0.2) is 5.78 Å². The Kier molecular flexibility index (Phi) is 4.09. The van der Waals surface area contributed by atoms with E-state index in [-0.39, 0.29) is 11.6 Å². The predicted octanol–water partition coefficient (Wildman–Crippen LogP) is 2.88. The molecule has 0 saturated heterocycles. The minimum Gasteiger partial charge on any atom is -0.360 e. The molecule has 1 heterocycles. The number of Topliss-reactive ketones (excluding diaryl/α,β-unsaturated/α-hetero) is 1. The molecule has 1 atom stereocenters. The fraction of sp³-hybridized carbons (Fsp3) is 0.455. The number of nitrogens with zero attached hydrogens (tertiary/aromatic N) is 1. The lowest BCUT2D eigenvalue weighted by molar-refractivity contribution is -0.137. The van der Waals surface area contributed by atoms with Crippen LogP contribution in [0.25, 0.3) is 0 Å². The number of hydrogen-bond acceptors (Lipinski definition) is 3. The van der Waals surface area contributed by atoms with E-state index in [1.54, 1.807) is 0 Å². The van der Waals surface area contributed by atoms with Gasteiger partial charge in [0.25, 0.3) is 0 Å². The van der Waals surface area contributed by atoms with Crippen LogP contribution in [0.1, 0.15) is 25.8 Å². The van der Waals surface area contributed by atoms with Crippen molar-refractivity contribution in [1.82, 2.24) is 4.98 Å². The number of carbonyl (C=O) groups excluding carboxylic acids is 1. The van der Waals surface area contributed by atoms with Crippen molar-refractivity contribution >= 4 is 11.6 Å². The van der Waals surface area contributed by atoms with Crippen molar-refractivity contribution in [2.24, 2.45) is 0 Å². The van der Waals surface area contributed by atoms with Gasteiger partial charge in [0.2, 0.25) is 0 Å². The molecule has 0 amide bonds. The summed E-state index contributed by atoms with van der Waals surface area (Å²) in [4.78, 5) is 14.8. The van der Waals surface area contributed by atoms with Gasteiger partial charge in [-0.25, -0.2) is 4.98 Å². The van der Waals surface area contributed by atoms with Gasteiger partial charge >= 0.3 is 6.18 Å². The highest BCUT2D eigenvalue weighted by Gasteiger charge is 2.30. The quantitative estimate of drug-likeness (QED) is 0.888. The number of anilines is 1. The zero-order valence-corrected chi connectivity index (χ0v) is 9.51. The molecule has 3 nitrogen and oxygen atoms in total. The van der Waals surface area contributed by atoms with Crippen molar-refractivity contribution in [2.75, 3.05) is 5.32 Å². The van der Waals surface area contributed by atoms with Crippen molar-refractivity contribution < 1.29 is 18.0 Å². The zero-order valence-electron chi connectivity index (χ0n) is 9.51. The fourth-order valence-electron chi connectivity index (χ4n) is 1.32. The second-order valence-electron chi connectivity index (χ2n) is 3.65. The number of rotatable bonds is 4. The van der Waals surface area contributed by atoms with E-state index in [9.17, 15) is 18.0 Å². The molecule has 1 aromatic rings. The lowest BCUT2D eigenvalue weighted by atomic mass is 10.1. The highest BCUT2D eigenvalue weighted by molar-refractivity contribution is 5.83. The van der Waals surface area contributed by atoms with E-state index >= 15 is 0 Å². The average molecular weight is 246 g/mol. The number of hydrogen-bond donors (Lipinski definition) is 1. The topological polar surface area (TPSA) is 42.0 Å². The van der Waals surface area contributed by atoms with Crippen LogP contribution in [0.4, 0.5) is 19.0 Å². The Bertz CT molecular complexity index is 387. The van der Waals surface area contributed by atoms with E-state index in [0.29, 0.717) is 6.42 Å². The van der Waals surface area contributed by atoms with Crippen LogP contribution in [0.3, 0.4) is 0 Å². The summed E-state index contributed by atoms with van der Waals surface area (Å²) in [6, 6.07) is 1.73. The Hall–Kier alpha value is -1.59. The number of ketones is 1. The molecular formula is C11H13F3N2O. The lowest BCUT2D eigenvalue weighted by Gasteiger charge is -2.14. The SMILES string of the molecule is CCC(Nc1ccc(C(F)(F)F)cn1)C(C)=O. The minimum atomic E-state index is -4.39. The summed E-state index contributed by atoms with van der Waals surface area (Å²) in [5.74, 6) is 0.189. The highest BCUT2D eigenvalue weighted by atomic mass is 19.4. The third kappa shape index (κ3) is 3.72. The average Bonchev–Trinajstić information content (AvgIpc) is 2.25. The van der Waals surface area contributed by atoms with Gasteiger partial charge in [-0.15, -0.1) is 0 Å². The molecule has 94 valence electrons. The summed E-state index contributed by atoms with van der Waals surface area (Å²) in [7, 11) is 0. The molecule has 1 aromatic heterocycles. The molecule has 0 aliphatic heterocycles. The highest BCUT2D eigenvalue weighted by Crippen LogP contribution is 2.28. The molecule has 0 aromatic carbocycles. The molecule has 0 bridgehead atoms. The standard InChI is InChI=1S/C11H13F3N2O/c1-3-9(7(2)17)16-10-5-4-8(6-15-10)11(12,13)14/h4-6,9H,3H2,1-2H3,(H,15,16). The van der Waals surface area contributed by atoms with E-state index in [1.165, 1.54) is 13.0 Å².